The largest absolute Gasteiger partial charge is 0.337 e. The topological polar surface area (TPSA) is 41.1 Å². The maximum Gasteiger partial charge on any atom is 0.315 e. The summed E-state index contributed by atoms with van der Waals surface area (Å²) in [7, 11) is 0. The highest BCUT2D eigenvalue weighted by atomic mass is 35.5. The Morgan fingerprint density at radius 1 is 1.04 bits per heavy atom. The fourth-order valence-corrected chi connectivity index (χ4v) is 2.28. The Bertz CT molecular complexity index is 654. The molecule has 0 aromatic heterocycles. The summed E-state index contributed by atoms with van der Waals surface area (Å²) in [6.07, 6.45) is 0. The maximum absolute atomic E-state index is 13.0. The van der Waals surface area contributed by atoms with Crippen LogP contribution in [0.1, 0.15) is 25.0 Å². The molecule has 2 amide bonds. The van der Waals surface area contributed by atoms with Crippen LogP contribution in [0.2, 0.25) is 5.02 Å². The standard InChI is InChI=1S/C18H20ClFN2O/c1-18(2,14-5-9-16(20)10-6-14)12-22-17(23)21-11-13-3-7-15(19)8-4-13/h3-10H,11-12H2,1-2H3,(H2,21,22,23). The van der Waals surface area contributed by atoms with E-state index in [4.69, 9.17) is 11.6 Å². The van der Waals surface area contributed by atoms with Gasteiger partial charge in [-0.3, -0.25) is 0 Å². The van der Waals surface area contributed by atoms with Crippen molar-refractivity contribution in [3.8, 4) is 0 Å². The van der Waals surface area contributed by atoms with E-state index in [-0.39, 0.29) is 17.3 Å². The molecule has 0 aliphatic heterocycles. The normalized spacial score (nSPS) is 11.1. The van der Waals surface area contributed by atoms with Crippen molar-refractivity contribution >= 4 is 17.6 Å². The molecule has 0 spiro atoms. The highest BCUT2D eigenvalue weighted by molar-refractivity contribution is 6.30. The number of hydrogen-bond donors (Lipinski definition) is 2. The molecular weight excluding hydrogens is 315 g/mol. The first-order valence-electron chi connectivity index (χ1n) is 7.39. The Kier molecular flexibility index (Phi) is 5.61. The number of hydrogen-bond acceptors (Lipinski definition) is 1. The molecule has 0 aliphatic rings. The van der Waals surface area contributed by atoms with E-state index in [1.54, 1.807) is 24.3 Å². The van der Waals surface area contributed by atoms with Crippen molar-refractivity contribution in [3.05, 3.63) is 70.5 Å². The van der Waals surface area contributed by atoms with Crippen LogP contribution in [0.25, 0.3) is 0 Å². The molecule has 0 atom stereocenters. The van der Waals surface area contributed by atoms with Gasteiger partial charge >= 0.3 is 6.03 Å². The van der Waals surface area contributed by atoms with Gasteiger partial charge in [0.1, 0.15) is 5.82 Å². The molecule has 0 fully saturated rings. The predicted molar refractivity (Wildman–Crippen MR) is 91.1 cm³/mol. The van der Waals surface area contributed by atoms with Gasteiger partial charge < -0.3 is 10.6 Å². The van der Waals surface area contributed by atoms with Crippen molar-refractivity contribution < 1.29 is 9.18 Å². The van der Waals surface area contributed by atoms with E-state index >= 15 is 0 Å². The molecule has 2 aromatic carbocycles. The number of amides is 2. The zero-order valence-electron chi connectivity index (χ0n) is 13.2. The number of carbonyl (C=O) groups excluding carboxylic acids is 1. The fourth-order valence-electron chi connectivity index (χ4n) is 2.15. The molecule has 2 rings (SSSR count). The van der Waals surface area contributed by atoms with Gasteiger partial charge in [-0.25, -0.2) is 9.18 Å². The van der Waals surface area contributed by atoms with Crippen molar-refractivity contribution in [3.63, 3.8) is 0 Å². The van der Waals surface area contributed by atoms with Gasteiger partial charge in [0.05, 0.1) is 0 Å². The van der Waals surface area contributed by atoms with Gasteiger partial charge in [-0.2, -0.15) is 0 Å². The quantitative estimate of drug-likeness (QED) is 0.843. The lowest BCUT2D eigenvalue weighted by atomic mass is 9.84. The molecule has 23 heavy (non-hydrogen) atoms. The third-order valence-electron chi connectivity index (χ3n) is 3.68. The molecule has 122 valence electrons. The average molecular weight is 335 g/mol. The molecule has 0 unspecified atom stereocenters. The van der Waals surface area contributed by atoms with Crippen molar-refractivity contribution in [2.75, 3.05) is 6.54 Å². The van der Waals surface area contributed by atoms with Crippen LogP contribution < -0.4 is 10.6 Å². The second-order valence-electron chi connectivity index (χ2n) is 6.05. The van der Waals surface area contributed by atoms with Gasteiger partial charge in [0.2, 0.25) is 0 Å². The van der Waals surface area contributed by atoms with E-state index in [1.165, 1.54) is 12.1 Å². The molecule has 0 saturated heterocycles. The third-order valence-corrected chi connectivity index (χ3v) is 3.93. The fraction of sp³-hybridized carbons (Fsp3) is 0.278. The second kappa shape index (κ2) is 7.47. The van der Waals surface area contributed by atoms with Gasteiger partial charge in [0, 0.05) is 23.5 Å². The van der Waals surface area contributed by atoms with E-state index in [0.29, 0.717) is 18.1 Å². The molecule has 0 bridgehead atoms. The molecular formula is C18H20ClFN2O. The summed E-state index contributed by atoms with van der Waals surface area (Å²) in [4.78, 5) is 11.9. The minimum Gasteiger partial charge on any atom is -0.337 e. The summed E-state index contributed by atoms with van der Waals surface area (Å²) >= 11 is 5.82. The second-order valence-corrected chi connectivity index (χ2v) is 6.49. The van der Waals surface area contributed by atoms with E-state index in [0.717, 1.165) is 11.1 Å². The Balaban J connectivity index is 1.83. The van der Waals surface area contributed by atoms with Gasteiger partial charge in [-0.05, 0) is 35.4 Å². The summed E-state index contributed by atoms with van der Waals surface area (Å²) in [5.74, 6) is -0.266. The third kappa shape index (κ3) is 5.25. The van der Waals surface area contributed by atoms with Crippen LogP contribution in [0.4, 0.5) is 9.18 Å². The van der Waals surface area contributed by atoms with Crippen LogP contribution in [0, 0.1) is 5.82 Å². The van der Waals surface area contributed by atoms with Gasteiger partial charge in [0.15, 0.2) is 0 Å². The van der Waals surface area contributed by atoms with E-state index in [1.807, 2.05) is 26.0 Å². The number of nitrogens with one attached hydrogen (secondary N) is 2. The smallest absolute Gasteiger partial charge is 0.315 e. The van der Waals surface area contributed by atoms with Crippen molar-refractivity contribution in [1.29, 1.82) is 0 Å². The summed E-state index contributed by atoms with van der Waals surface area (Å²) in [5.41, 5.74) is 1.66. The maximum atomic E-state index is 13.0. The molecule has 2 N–H and O–H groups in total. The summed E-state index contributed by atoms with van der Waals surface area (Å²) in [6.45, 7) is 4.88. The van der Waals surface area contributed by atoms with Crippen LogP contribution in [0.15, 0.2) is 48.5 Å². The lowest BCUT2D eigenvalue weighted by molar-refractivity contribution is 0.238. The Morgan fingerprint density at radius 3 is 2.26 bits per heavy atom. The molecule has 3 nitrogen and oxygen atoms in total. The zero-order chi connectivity index (χ0) is 16.9. The first kappa shape index (κ1) is 17.3. The first-order chi connectivity index (χ1) is 10.9. The summed E-state index contributed by atoms with van der Waals surface area (Å²) < 4.78 is 13.0. The van der Waals surface area contributed by atoms with Gasteiger partial charge in [-0.15, -0.1) is 0 Å². The molecule has 5 heteroatoms. The number of halogens is 2. The monoisotopic (exact) mass is 334 g/mol. The highest BCUT2D eigenvalue weighted by Gasteiger charge is 2.21. The lowest BCUT2D eigenvalue weighted by Crippen LogP contribution is -2.42. The predicted octanol–water partition coefficient (Wildman–Crippen LogP) is 4.26. The molecule has 2 aromatic rings. The van der Waals surface area contributed by atoms with Crippen LogP contribution in [0.5, 0.6) is 0 Å². The molecule has 0 saturated carbocycles. The van der Waals surface area contributed by atoms with E-state index < -0.39 is 0 Å². The van der Waals surface area contributed by atoms with Crippen LogP contribution in [0.3, 0.4) is 0 Å². The first-order valence-corrected chi connectivity index (χ1v) is 7.77. The van der Waals surface area contributed by atoms with Crippen LogP contribution in [-0.4, -0.2) is 12.6 Å². The summed E-state index contributed by atoms with van der Waals surface area (Å²) in [6, 6.07) is 13.4. The van der Waals surface area contributed by atoms with Crippen molar-refractivity contribution in [2.24, 2.45) is 0 Å². The molecule has 0 aliphatic carbocycles. The summed E-state index contributed by atoms with van der Waals surface area (Å²) in [5, 5.41) is 6.31. The highest BCUT2D eigenvalue weighted by Crippen LogP contribution is 2.22. The molecule has 0 heterocycles. The number of rotatable bonds is 5. The Hall–Kier alpha value is -2.07. The Labute approximate surface area is 140 Å². The Morgan fingerprint density at radius 2 is 1.65 bits per heavy atom. The lowest BCUT2D eigenvalue weighted by Gasteiger charge is -2.25. The zero-order valence-corrected chi connectivity index (χ0v) is 14.0. The minimum absolute atomic E-state index is 0.241. The van der Waals surface area contributed by atoms with Crippen molar-refractivity contribution in [2.45, 2.75) is 25.8 Å². The average Bonchev–Trinajstić information content (AvgIpc) is 2.53. The van der Waals surface area contributed by atoms with Gasteiger partial charge in [0.25, 0.3) is 0 Å². The molecule has 0 radical (unpaired) electrons. The number of urea groups is 1. The van der Waals surface area contributed by atoms with Crippen LogP contribution in [-0.2, 0) is 12.0 Å². The van der Waals surface area contributed by atoms with E-state index in [9.17, 15) is 9.18 Å². The van der Waals surface area contributed by atoms with Crippen molar-refractivity contribution in [1.82, 2.24) is 10.6 Å². The van der Waals surface area contributed by atoms with E-state index in [2.05, 4.69) is 10.6 Å². The minimum atomic E-state index is -0.286. The van der Waals surface area contributed by atoms with Gasteiger partial charge in [-0.1, -0.05) is 49.7 Å². The SMILES string of the molecule is CC(C)(CNC(=O)NCc1ccc(Cl)cc1)c1ccc(F)cc1. The number of benzene rings is 2. The number of carbonyl (C=O) groups is 1. The van der Waals surface area contributed by atoms with Crippen LogP contribution >= 0.6 is 11.6 Å².